The Balaban J connectivity index is 1.65. The molecule has 5 rings (SSSR count). The van der Waals surface area contributed by atoms with Crippen LogP contribution in [0.1, 0.15) is 43.2 Å². The predicted molar refractivity (Wildman–Crippen MR) is 210 cm³/mol. The number of nitrogens with one attached hydrogen (secondary N) is 1. The zero-order valence-corrected chi connectivity index (χ0v) is 33.0. The molecule has 1 saturated carbocycles. The summed E-state index contributed by atoms with van der Waals surface area (Å²) in [5, 5.41) is 3.80. The van der Waals surface area contributed by atoms with Gasteiger partial charge in [0, 0.05) is 31.1 Å². The van der Waals surface area contributed by atoms with Crippen LogP contribution in [0.2, 0.25) is 10.0 Å². The average molecular weight is 799 g/mol. The third kappa shape index (κ3) is 9.71. The molecule has 14 heteroatoms. The molecule has 288 valence electrons. The number of anilines is 1. The van der Waals surface area contributed by atoms with E-state index in [1.54, 1.807) is 30.3 Å². The third-order valence-corrected chi connectivity index (χ3v) is 11.9. The number of rotatable bonds is 16. The number of nitrogens with zero attached hydrogens (tertiary/aromatic N) is 2. The van der Waals surface area contributed by atoms with Crippen LogP contribution in [0.15, 0.2) is 89.8 Å². The van der Waals surface area contributed by atoms with Crippen molar-refractivity contribution in [1.82, 2.24) is 10.2 Å². The summed E-state index contributed by atoms with van der Waals surface area (Å²) < 4.78 is 52.4. The Bertz CT molecular complexity index is 2030. The molecule has 0 heterocycles. The van der Waals surface area contributed by atoms with Gasteiger partial charge in [-0.05, 0) is 60.4 Å². The van der Waals surface area contributed by atoms with Gasteiger partial charge in [0.05, 0.1) is 49.1 Å². The van der Waals surface area contributed by atoms with Crippen molar-refractivity contribution in [2.75, 3.05) is 39.3 Å². The predicted octanol–water partition coefficient (Wildman–Crippen LogP) is 7.31. The number of methoxy groups -OCH3 is 4. The highest BCUT2D eigenvalue weighted by Gasteiger charge is 2.37. The summed E-state index contributed by atoms with van der Waals surface area (Å²) in [4.78, 5) is 30.7. The number of halogens is 2. The van der Waals surface area contributed by atoms with E-state index in [2.05, 4.69) is 5.32 Å². The van der Waals surface area contributed by atoms with Crippen LogP contribution in [0.3, 0.4) is 0 Å². The van der Waals surface area contributed by atoms with Gasteiger partial charge in [0.1, 0.15) is 24.1 Å². The third-order valence-electron chi connectivity index (χ3n) is 9.44. The molecular formula is C40H45Cl2N3O8S. The highest BCUT2D eigenvalue weighted by atomic mass is 35.5. The molecule has 0 bridgehead atoms. The largest absolute Gasteiger partial charge is 0.497 e. The molecule has 0 radical (unpaired) electrons. The van der Waals surface area contributed by atoms with E-state index in [0.29, 0.717) is 22.1 Å². The fraction of sp³-hybridized carbons (Fsp3) is 0.350. The molecule has 0 unspecified atom stereocenters. The summed E-state index contributed by atoms with van der Waals surface area (Å²) in [6, 6.07) is 22.1. The molecule has 0 aliphatic heterocycles. The van der Waals surface area contributed by atoms with E-state index in [4.69, 9.17) is 42.1 Å². The van der Waals surface area contributed by atoms with Crippen LogP contribution in [-0.2, 0) is 32.6 Å². The van der Waals surface area contributed by atoms with E-state index < -0.39 is 28.5 Å². The molecule has 54 heavy (non-hydrogen) atoms. The highest BCUT2D eigenvalue weighted by molar-refractivity contribution is 7.92. The number of hydrogen-bond acceptors (Lipinski definition) is 8. The molecule has 1 fully saturated rings. The van der Waals surface area contributed by atoms with Gasteiger partial charge in [0.25, 0.3) is 10.0 Å². The molecule has 4 aromatic carbocycles. The first-order valence-electron chi connectivity index (χ1n) is 17.5. The number of hydrogen-bond donors (Lipinski definition) is 1. The maximum atomic E-state index is 15.0. The van der Waals surface area contributed by atoms with Crippen molar-refractivity contribution in [3.8, 4) is 23.0 Å². The van der Waals surface area contributed by atoms with E-state index in [1.165, 1.54) is 57.6 Å². The van der Waals surface area contributed by atoms with E-state index in [1.807, 2.05) is 30.3 Å². The minimum Gasteiger partial charge on any atom is -0.497 e. The van der Waals surface area contributed by atoms with Crippen LogP contribution in [0.25, 0.3) is 0 Å². The van der Waals surface area contributed by atoms with Crippen molar-refractivity contribution in [3.63, 3.8) is 0 Å². The lowest BCUT2D eigenvalue weighted by Gasteiger charge is -2.35. The number of ether oxygens (including phenoxy) is 4. The van der Waals surface area contributed by atoms with Gasteiger partial charge >= 0.3 is 0 Å². The van der Waals surface area contributed by atoms with Crippen molar-refractivity contribution in [2.24, 2.45) is 0 Å². The van der Waals surface area contributed by atoms with Crippen LogP contribution in [0.4, 0.5) is 5.69 Å². The van der Waals surface area contributed by atoms with Gasteiger partial charge in [0.15, 0.2) is 11.5 Å². The van der Waals surface area contributed by atoms with Crippen molar-refractivity contribution in [2.45, 2.75) is 62.0 Å². The Hall–Kier alpha value is -4.65. The standard InChI is InChI=1S/C40H45Cl2N3O8S/c1-50-30-16-19-36(51-2)34(23-30)45(54(48,49)31-17-20-37(52-3)38(24-31)53-4)26-39(46)44(25-28-15-18-32(41)33(42)21-28)35(22-27-11-7-5-8-12-27)40(47)43-29-13-9-6-10-14-29/h5,7-8,11-12,15-21,23-24,29,35H,6,9-10,13-14,22,25-26H2,1-4H3,(H,43,47)/t35-/m0/s1. The van der Waals surface area contributed by atoms with E-state index in [9.17, 15) is 13.2 Å². The lowest BCUT2D eigenvalue weighted by atomic mass is 9.94. The maximum Gasteiger partial charge on any atom is 0.265 e. The van der Waals surface area contributed by atoms with E-state index in [0.717, 1.165) is 42.0 Å². The second-order valence-electron chi connectivity index (χ2n) is 12.9. The fourth-order valence-electron chi connectivity index (χ4n) is 6.54. The molecule has 1 aliphatic rings. The summed E-state index contributed by atoms with van der Waals surface area (Å²) in [5.41, 5.74) is 1.45. The smallest absolute Gasteiger partial charge is 0.265 e. The number of carbonyl (C=O) groups excluding carboxylic acids is 2. The summed E-state index contributed by atoms with van der Waals surface area (Å²) in [7, 11) is 1.15. The van der Waals surface area contributed by atoms with Gasteiger partial charge in [-0.3, -0.25) is 13.9 Å². The van der Waals surface area contributed by atoms with Gasteiger partial charge in [-0.2, -0.15) is 0 Å². The van der Waals surface area contributed by atoms with Gasteiger partial charge in [0.2, 0.25) is 11.8 Å². The minimum atomic E-state index is -4.53. The van der Waals surface area contributed by atoms with E-state index >= 15 is 4.79 Å². The zero-order valence-electron chi connectivity index (χ0n) is 30.7. The molecule has 11 nitrogen and oxygen atoms in total. The molecule has 1 N–H and O–H groups in total. The van der Waals surface area contributed by atoms with Gasteiger partial charge < -0.3 is 29.2 Å². The number of amides is 2. The van der Waals surface area contributed by atoms with Crippen LogP contribution in [-0.4, -0.2) is 72.2 Å². The molecule has 0 saturated heterocycles. The lowest BCUT2D eigenvalue weighted by molar-refractivity contribution is -0.140. The summed E-state index contributed by atoms with van der Waals surface area (Å²) in [6.45, 7) is -0.797. The lowest BCUT2D eigenvalue weighted by Crippen LogP contribution is -2.55. The summed E-state index contributed by atoms with van der Waals surface area (Å²) in [5.74, 6) is -0.0153. The quantitative estimate of drug-likeness (QED) is 0.125. The number of sulfonamides is 1. The Morgan fingerprint density at radius 3 is 2.09 bits per heavy atom. The molecule has 4 aromatic rings. The van der Waals surface area contributed by atoms with Crippen molar-refractivity contribution in [1.29, 1.82) is 0 Å². The highest BCUT2D eigenvalue weighted by Crippen LogP contribution is 2.38. The monoisotopic (exact) mass is 797 g/mol. The Morgan fingerprint density at radius 2 is 1.44 bits per heavy atom. The Labute approximate surface area is 327 Å². The zero-order chi connectivity index (χ0) is 38.8. The van der Waals surface area contributed by atoms with Gasteiger partial charge in [-0.25, -0.2) is 8.42 Å². The molecule has 1 atom stereocenters. The number of benzene rings is 4. The van der Waals surface area contributed by atoms with Crippen LogP contribution >= 0.6 is 23.2 Å². The summed E-state index contributed by atoms with van der Waals surface area (Å²) >= 11 is 12.7. The normalized spacial score (nSPS) is 13.7. The van der Waals surface area contributed by atoms with E-state index in [-0.39, 0.29) is 52.0 Å². The summed E-state index contributed by atoms with van der Waals surface area (Å²) in [6.07, 6.45) is 4.91. The van der Waals surface area contributed by atoms with Gasteiger partial charge in [-0.15, -0.1) is 0 Å². The molecule has 1 aliphatic carbocycles. The number of carbonyl (C=O) groups is 2. The van der Waals surface area contributed by atoms with Crippen LogP contribution in [0.5, 0.6) is 23.0 Å². The Morgan fingerprint density at radius 1 is 0.759 bits per heavy atom. The maximum absolute atomic E-state index is 15.0. The van der Waals surface area contributed by atoms with Crippen LogP contribution in [0, 0.1) is 0 Å². The first-order chi connectivity index (χ1) is 26.0. The first kappa shape index (κ1) is 40.5. The molecule has 2 amide bonds. The minimum absolute atomic E-state index is 0.0424. The van der Waals surface area contributed by atoms with Gasteiger partial charge in [-0.1, -0.05) is 78.9 Å². The first-order valence-corrected chi connectivity index (χ1v) is 19.7. The fourth-order valence-corrected chi connectivity index (χ4v) is 8.30. The SMILES string of the molecule is COc1ccc(OC)c(N(CC(=O)N(Cc2ccc(Cl)c(Cl)c2)[C@@H](Cc2ccccc2)C(=O)NC2CCCCC2)S(=O)(=O)c2ccc(OC)c(OC)c2)c1. The topological polar surface area (TPSA) is 124 Å². The average Bonchev–Trinajstić information content (AvgIpc) is 3.19. The van der Waals surface area contributed by atoms with Crippen molar-refractivity contribution >= 4 is 50.7 Å². The van der Waals surface area contributed by atoms with Crippen molar-refractivity contribution in [3.05, 3.63) is 106 Å². The molecule has 0 spiro atoms. The second kappa shape index (κ2) is 18.6. The Kier molecular flexibility index (Phi) is 14.0. The molecular weight excluding hydrogens is 753 g/mol. The second-order valence-corrected chi connectivity index (χ2v) is 15.6. The molecule has 0 aromatic heterocycles. The van der Waals surface area contributed by atoms with Crippen LogP contribution < -0.4 is 28.6 Å². The van der Waals surface area contributed by atoms with Crippen molar-refractivity contribution < 1.29 is 37.0 Å².